The minimum atomic E-state index is -0.124. The minimum absolute atomic E-state index is 0.0557. The smallest absolute Gasteiger partial charge is 0.239 e. The standard InChI is InChI=1S/C12H20N2O2/c1-12(10-5-3-2-4-6-10)9-11(16)14(13-12)7-8-15/h8,10,13H,2-7,9H2,1H3. The van der Waals surface area contributed by atoms with Crippen LogP contribution in [0.15, 0.2) is 0 Å². The molecule has 1 aliphatic heterocycles. The number of hydrazine groups is 1. The Morgan fingerprint density at radius 1 is 1.44 bits per heavy atom. The molecule has 0 aromatic rings. The van der Waals surface area contributed by atoms with E-state index in [0.29, 0.717) is 12.3 Å². The topological polar surface area (TPSA) is 49.4 Å². The van der Waals surface area contributed by atoms with E-state index < -0.39 is 0 Å². The van der Waals surface area contributed by atoms with E-state index in [1.54, 1.807) is 0 Å². The van der Waals surface area contributed by atoms with Gasteiger partial charge in [-0.1, -0.05) is 19.3 Å². The maximum atomic E-state index is 11.7. The largest absolute Gasteiger partial charge is 0.301 e. The lowest BCUT2D eigenvalue weighted by atomic mass is 9.75. The van der Waals surface area contributed by atoms with E-state index in [1.165, 1.54) is 37.1 Å². The summed E-state index contributed by atoms with van der Waals surface area (Å²) >= 11 is 0. The zero-order valence-electron chi connectivity index (χ0n) is 9.87. The van der Waals surface area contributed by atoms with E-state index in [9.17, 15) is 9.59 Å². The highest BCUT2D eigenvalue weighted by Crippen LogP contribution is 2.37. The van der Waals surface area contributed by atoms with Crippen molar-refractivity contribution < 1.29 is 9.59 Å². The first-order valence-corrected chi connectivity index (χ1v) is 6.17. The molecule has 0 aromatic carbocycles. The maximum absolute atomic E-state index is 11.7. The van der Waals surface area contributed by atoms with Crippen LogP contribution in [0.3, 0.4) is 0 Å². The van der Waals surface area contributed by atoms with E-state index in [4.69, 9.17) is 0 Å². The fourth-order valence-corrected chi connectivity index (χ4v) is 3.02. The van der Waals surface area contributed by atoms with Crippen molar-refractivity contribution >= 4 is 12.2 Å². The van der Waals surface area contributed by atoms with Crippen LogP contribution in [0.1, 0.15) is 45.4 Å². The number of rotatable bonds is 3. The van der Waals surface area contributed by atoms with Crippen LogP contribution in [0.25, 0.3) is 0 Å². The number of nitrogens with one attached hydrogen (secondary N) is 1. The first kappa shape index (κ1) is 11.6. The summed E-state index contributed by atoms with van der Waals surface area (Å²) in [5.74, 6) is 0.627. The first-order valence-electron chi connectivity index (χ1n) is 6.17. The number of carbonyl (C=O) groups is 2. The highest BCUT2D eigenvalue weighted by atomic mass is 16.2. The molecule has 1 N–H and O–H groups in total. The summed E-state index contributed by atoms with van der Waals surface area (Å²) in [4.78, 5) is 22.2. The van der Waals surface area contributed by atoms with Crippen molar-refractivity contribution in [2.45, 2.75) is 51.0 Å². The SMILES string of the molecule is CC1(C2CCCCC2)CC(=O)N(CC=O)N1. The van der Waals surface area contributed by atoms with Gasteiger partial charge in [0.2, 0.25) is 5.91 Å². The Balaban J connectivity index is 2.02. The van der Waals surface area contributed by atoms with Crippen LogP contribution < -0.4 is 5.43 Å². The van der Waals surface area contributed by atoms with Crippen molar-refractivity contribution in [3.63, 3.8) is 0 Å². The average Bonchev–Trinajstić information content (AvgIpc) is 2.57. The highest BCUT2D eigenvalue weighted by molar-refractivity contribution is 5.81. The Morgan fingerprint density at radius 3 is 2.75 bits per heavy atom. The van der Waals surface area contributed by atoms with E-state index in [-0.39, 0.29) is 18.0 Å². The van der Waals surface area contributed by atoms with Gasteiger partial charge in [-0.3, -0.25) is 9.80 Å². The van der Waals surface area contributed by atoms with Crippen LogP contribution in [0.2, 0.25) is 0 Å². The van der Waals surface area contributed by atoms with Gasteiger partial charge >= 0.3 is 0 Å². The summed E-state index contributed by atoms with van der Waals surface area (Å²) in [6.07, 6.45) is 7.56. The van der Waals surface area contributed by atoms with E-state index in [2.05, 4.69) is 12.3 Å². The molecular formula is C12H20N2O2. The monoisotopic (exact) mass is 224 g/mol. The lowest BCUT2D eigenvalue weighted by Gasteiger charge is -2.36. The summed E-state index contributed by atoms with van der Waals surface area (Å²) in [5, 5.41) is 1.47. The molecule has 1 amide bonds. The van der Waals surface area contributed by atoms with Crippen LogP contribution in [0.4, 0.5) is 0 Å². The molecule has 2 aliphatic rings. The molecule has 2 rings (SSSR count). The first-order chi connectivity index (χ1) is 7.65. The van der Waals surface area contributed by atoms with Crippen LogP contribution in [-0.2, 0) is 9.59 Å². The molecule has 1 atom stereocenters. The van der Waals surface area contributed by atoms with E-state index in [1.807, 2.05) is 0 Å². The zero-order chi connectivity index (χ0) is 11.6. The van der Waals surface area contributed by atoms with Crippen molar-refractivity contribution in [1.29, 1.82) is 0 Å². The van der Waals surface area contributed by atoms with Crippen LogP contribution in [0, 0.1) is 5.92 Å². The molecule has 0 aromatic heterocycles. The van der Waals surface area contributed by atoms with Gasteiger partial charge in [0.05, 0.1) is 6.54 Å². The second kappa shape index (κ2) is 4.53. The number of hydrogen-bond acceptors (Lipinski definition) is 3. The molecule has 2 fully saturated rings. The molecule has 0 spiro atoms. The van der Waals surface area contributed by atoms with Gasteiger partial charge in [-0.25, -0.2) is 5.43 Å². The molecule has 4 nitrogen and oxygen atoms in total. The third-order valence-corrected chi connectivity index (χ3v) is 3.97. The second-order valence-corrected chi connectivity index (χ2v) is 5.21. The van der Waals surface area contributed by atoms with Gasteiger partial charge in [0.1, 0.15) is 6.29 Å². The number of amides is 1. The molecule has 0 bridgehead atoms. The normalized spacial score (nSPS) is 32.1. The predicted molar refractivity (Wildman–Crippen MR) is 60.5 cm³/mol. The summed E-state index contributed by atoms with van der Waals surface area (Å²) in [6.45, 7) is 2.28. The van der Waals surface area contributed by atoms with Gasteiger partial charge in [0.25, 0.3) is 0 Å². The lowest BCUT2D eigenvalue weighted by molar-refractivity contribution is -0.131. The predicted octanol–water partition coefficient (Wildman–Crippen LogP) is 1.26. The molecule has 1 saturated heterocycles. The van der Waals surface area contributed by atoms with E-state index >= 15 is 0 Å². The number of hydrogen-bond donors (Lipinski definition) is 1. The van der Waals surface area contributed by atoms with Gasteiger partial charge in [0, 0.05) is 12.0 Å². The van der Waals surface area contributed by atoms with Crippen LogP contribution in [-0.4, -0.2) is 29.3 Å². The summed E-state index contributed by atoms with van der Waals surface area (Å²) < 4.78 is 0. The minimum Gasteiger partial charge on any atom is -0.301 e. The molecule has 16 heavy (non-hydrogen) atoms. The van der Waals surface area contributed by atoms with Crippen molar-refractivity contribution in [2.75, 3.05) is 6.54 Å². The second-order valence-electron chi connectivity index (χ2n) is 5.21. The zero-order valence-corrected chi connectivity index (χ0v) is 9.87. The number of carbonyl (C=O) groups excluding carboxylic acids is 2. The van der Waals surface area contributed by atoms with Gasteiger partial charge < -0.3 is 4.79 Å². The third-order valence-electron chi connectivity index (χ3n) is 3.97. The maximum Gasteiger partial charge on any atom is 0.239 e. The lowest BCUT2D eigenvalue weighted by Crippen LogP contribution is -2.49. The van der Waals surface area contributed by atoms with Crippen molar-refractivity contribution in [3.8, 4) is 0 Å². The Morgan fingerprint density at radius 2 is 2.12 bits per heavy atom. The highest BCUT2D eigenvalue weighted by Gasteiger charge is 2.44. The number of aldehydes is 1. The van der Waals surface area contributed by atoms with Crippen LogP contribution >= 0.6 is 0 Å². The molecule has 1 unspecified atom stereocenters. The van der Waals surface area contributed by atoms with E-state index in [0.717, 1.165) is 6.29 Å². The molecule has 1 heterocycles. The fraction of sp³-hybridized carbons (Fsp3) is 0.833. The van der Waals surface area contributed by atoms with Crippen molar-refractivity contribution in [1.82, 2.24) is 10.4 Å². The summed E-state index contributed by atoms with van der Waals surface area (Å²) in [6, 6.07) is 0. The Hall–Kier alpha value is -0.900. The quantitative estimate of drug-likeness (QED) is 0.734. The van der Waals surface area contributed by atoms with Crippen molar-refractivity contribution in [2.24, 2.45) is 5.92 Å². The van der Waals surface area contributed by atoms with Gasteiger partial charge in [0.15, 0.2) is 0 Å². The summed E-state index contributed by atoms with van der Waals surface area (Å²) in [7, 11) is 0. The van der Waals surface area contributed by atoms with Crippen LogP contribution in [0.5, 0.6) is 0 Å². The Kier molecular flexibility index (Phi) is 3.28. The molecule has 0 radical (unpaired) electrons. The van der Waals surface area contributed by atoms with Crippen molar-refractivity contribution in [3.05, 3.63) is 0 Å². The molecule has 1 saturated carbocycles. The van der Waals surface area contributed by atoms with Gasteiger partial charge in [-0.05, 0) is 25.7 Å². The molecular weight excluding hydrogens is 204 g/mol. The van der Waals surface area contributed by atoms with Gasteiger partial charge in [-0.2, -0.15) is 0 Å². The fourth-order valence-electron chi connectivity index (χ4n) is 3.02. The molecule has 90 valence electrons. The number of nitrogens with zero attached hydrogens (tertiary/aromatic N) is 1. The average molecular weight is 224 g/mol. The summed E-state index contributed by atoms with van der Waals surface area (Å²) in [5.41, 5.74) is 3.12. The molecule has 1 aliphatic carbocycles. The Labute approximate surface area is 96.3 Å². The molecule has 4 heteroatoms. The third kappa shape index (κ3) is 2.12. The van der Waals surface area contributed by atoms with Gasteiger partial charge in [-0.15, -0.1) is 0 Å². The Bertz CT molecular complexity index is 287.